The Labute approximate surface area is 177 Å². The Morgan fingerprint density at radius 3 is 2.30 bits per heavy atom. The fourth-order valence-electron chi connectivity index (χ4n) is 4.74. The first kappa shape index (κ1) is 20.3. The van der Waals surface area contributed by atoms with Gasteiger partial charge in [-0.2, -0.15) is 0 Å². The third kappa shape index (κ3) is 3.64. The van der Waals surface area contributed by atoms with Gasteiger partial charge in [0.05, 0.1) is 6.54 Å². The number of carbonyl (C=O) groups is 3. The summed E-state index contributed by atoms with van der Waals surface area (Å²) in [5.74, 6) is -0.0214. The van der Waals surface area contributed by atoms with Gasteiger partial charge in [0.15, 0.2) is 5.78 Å². The van der Waals surface area contributed by atoms with Crippen molar-refractivity contribution in [1.82, 2.24) is 10.2 Å². The van der Waals surface area contributed by atoms with Crippen molar-refractivity contribution in [3.8, 4) is 0 Å². The predicted octanol–water partition coefficient (Wildman–Crippen LogP) is 4.77. The zero-order valence-electron chi connectivity index (χ0n) is 17.4. The van der Waals surface area contributed by atoms with Crippen molar-refractivity contribution >= 4 is 17.7 Å². The Balaban J connectivity index is 1.49. The number of ketones is 1. The maximum atomic E-state index is 13.2. The zero-order chi connectivity index (χ0) is 21.1. The van der Waals surface area contributed by atoms with Crippen LogP contribution in [0.3, 0.4) is 0 Å². The molecule has 4 rings (SSSR count). The van der Waals surface area contributed by atoms with Gasteiger partial charge in [-0.3, -0.25) is 14.5 Å². The topological polar surface area (TPSA) is 66.5 Å². The molecule has 1 saturated carbocycles. The maximum Gasteiger partial charge on any atom is 0.325 e. The highest BCUT2D eigenvalue weighted by molar-refractivity contribution is 6.11. The van der Waals surface area contributed by atoms with Crippen LogP contribution >= 0.6 is 0 Å². The van der Waals surface area contributed by atoms with E-state index in [0.717, 1.165) is 10.5 Å². The van der Waals surface area contributed by atoms with E-state index in [0.29, 0.717) is 17.9 Å². The number of urea groups is 1. The van der Waals surface area contributed by atoms with E-state index in [1.165, 1.54) is 37.7 Å². The Hall–Kier alpha value is -2.95. The first-order chi connectivity index (χ1) is 14.5. The van der Waals surface area contributed by atoms with Crippen LogP contribution in [-0.2, 0) is 10.3 Å². The SMILES string of the molecule is CCC1(c2ccccc2)NC(=O)N(CC(=O)c2ccc(C3CCCCC3)cc2)C1=O. The summed E-state index contributed by atoms with van der Waals surface area (Å²) in [6, 6.07) is 16.4. The smallest absolute Gasteiger partial charge is 0.319 e. The van der Waals surface area contributed by atoms with Gasteiger partial charge in [0, 0.05) is 5.56 Å². The van der Waals surface area contributed by atoms with Gasteiger partial charge >= 0.3 is 6.03 Å². The van der Waals surface area contributed by atoms with E-state index in [9.17, 15) is 14.4 Å². The van der Waals surface area contributed by atoms with E-state index >= 15 is 0 Å². The number of Topliss-reactive ketones (excluding diaryl/α,β-unsaturated/α-hetero) is 1. The van der Waals surface area contributed by atoms with Crippen molar-refractivity contribution in [2.45, 2.75) is 56.9 Å². The van der Waals surface area contributed by atoms with Crippen LogP contribution in [0.15, 0.2) is 54.6 Å². The zero-order valence-corrected chi connectivity index (χ0v) is 17.4. The Kier molecular flexibility index (Phi) is 5.71. The van der Waals surface area contributed by atoms with Crippen LogP contribution in [0, 0.1) is 0 Å². The van der Waals surface area contributed by atoms with E-state index in [1.807, 2.05) is 61.5 Å². The lowest BCUT2D eigenvalue weighted by Crippen LogP contribution is -2.43. The Morgan fingerprint density at radius 2 is 1.67 bits per heavy atom. The molecule has 156 valence electrons. The molecule has 0 bridgehead atoms. The maximum absolute atomic E-state index is 13.2. The van der Waals surface area contributed by atoms with Crippen molar-refractivity contribution < 1.29 is 14.4 Å². The van der Waals surface area contributed by atoms with Crippen LogP contribution in [0.5, 0.6) is 0 Å². The molecule has 2 aromatic carbocycles. The minimum absolute atomic E-state index is 0.228. The molecule has 5 nitrogen and oxygen atoms in total. The fourth-order valence-corrected chi connectivity index (χ4v) is 4.74. The number of nitrogens with one attached hydrogen (secondary N) is 1. The summed E-state index contributed by atoms with van der Waals surface area (Å²) in [7, 11) is 0. The molecule has 2 aromatic rings. The van der Waals surface area contributed by atoms with Crippen LogP contribution in [0.1, 0.15) is 72.9 Å². The van der Waals surface area contributed by atoms with Gasteiger partial charge in [0.2, 0.25) is 0 Å². The number of imide groups is 1. The molecule has 1 aliphatic heterocycles. The summed E-state index contributed by atoms with van der Waals surface area (Å²) < 4.78 is 0. The van der Waals surface area contributed by atoms with Gasteiger partial charge in [-0.25, -0.2) is 4.79 Å². The van der Waals surface area contributed by atoms with Crippen molar-refractivity contribution in [3.63, 3.8) is 0 Å². The molecule has 1 unspecified atom stereocenters. The van der Waals surface area contributed by atoms with Gasteiger partial charge in [-0.05, 0) is 36.3 Å². The average Bonchev–Trinajstić information content (AvgIpc) is 3.05. The van der Waals surface area contributed by atoms with E-state index in [1.54, 1.807) is 0 Å². The van der Waals surface area contributed by atoms with E-state index < -0.39 is 11.6 Å². The highest BCUT2D eigenvalue weighted by Gasteiger charge is 2.51. The summed E-state index contributed by atoms with van der Waals surface area (Å²) in [4.78, 5) is 39.7. The highest BCUT2D eigenvalue weighted by atomic mass is 16.2. The van der Waals surface area contributed by atoms with Crippen molar-refractivity contribution in [2.24, 2.45) is 0 Å². The number of hydrogen-bond donors (Lipinski definition) is 1. The highest BCUT2D eigenvalue weighted by Crippen LogP contribution is 2.34. The van der Waals surface area contributed by atoms with Gasteiger partial charge in [-0.15, -0.1) is 0 Å². The molecule has 5 heteroatoms. The molecule has 1 heterocycles. The summed E-state index contributed by atoms with van der Waals surface area (Å²) in [5, 5.41) is 2.83. The quantitative estimate of drug-likeness (QED) is 0.557. The standard InChI is InChI=1S/C25H28N2O3/c1-2-25(21-11-7-4-8-12-21)23(29)27(24(30)26-25)17-22(28)20-15-13-19(14-16-20)18-9-5-3-6-10-18/h4,7-8,11-16,18H,2-3,5-6,9-10,17H2,1H3,(H,26,30). The largest absolute Gasteiger partial charge is 0.325 e. The molecule has 2 fully saturated rings. The molecule has 0 radical (unpaired) electrons. The molecule has 3 amide bonds. The van der Waals surface area contributed by atoms with Crippen molar-refractivity contribution in [2.75, 3.05) is 6.54 Å². The fraction of sp³-hybridized carbons (Fsp3) is 0.400. The average molecular weight is 405 g/mol. The normalized spacial score (nSPS) is 22.2. The molecule has 1 N–H and O–H groups in total. The number of carbonyl (C=O) groups excluding carboxylic acids is 3. The van der Waals surface area contributed by atoms with E-state index in [4.69, 9.17) is 0 Å². The molecule has 1 aliphatic carbocycles. The van der Waals surface area contributed by atoms with Crippen LogP contribution in [0.2, 0.25) is 0 Å². The second-order valence-corrected chi connectivity index (χ2v) is 8.33. The number of benzene rings is 2. The molecule has 0 aromatic heterocycles. The van der Waals surface area contributed by atoms with Gasteiger partial charge in [0.25, 0.3) is 5.91 Å². The van der Waals surface area contributed by atoms with Crippen LogP contribution < -0.4 is 5.32 Å². The van der Waals surface area contributed by atoms with Crippen LogP contribution in [0.25, 0.3) is 0 Å². The summed E-state index contributed by atoms with van der Waals surface area (Å²) in [6.45, 7) is 1.61. The Morgan fingerprint density at radius 1 is 1.00 bits per heavy atom. The minimum Gasteiger partial charge on any atom is -0.319 e. The van der Waals surface area contributed by atoms with Crippen LogP contribution in [0.4, 0.5) is 4.79 Å². The van der Waals surface area contributed by atoms with E-state index in [2.05, 4.69) is 5.32 Å². The first-order valence-corrected chi connectivity index (χ1v) is 10.9. The molecule has 1 atom stereocenters. The summed E-state index contributed by atoms with van der Waals surface area (Å²) in [5.41, 5.74) is 1.43. The molecule has 30 heavy (non-hydrogen) atoms. The van der Waals surface area contributed by atoms with Gasteiger partial charge in [0.1, 0.15) is 5.54 Å². The Bertz CT molecular complexity index is 933. The lowest BCUT2D eigenvalue weighted by Gasteiger charge is -2.25. The lowest BCUT2D eigenvalue weighted by molar-refractivity contribution is -0.131. The summed E-state index contributed by atoms with van der Waals surface area (Å²) >= 11 is 0. The second kappa shape index (κ2) is 8.42. The second-order valence-electron chi connectivity index (χ2n) is 8.33. The number of amides is 3. The summed E-state index contributed by atoms with van der Waals surface area (Å²) in [6.07, 6.45) is 6.66. The van der Waals surface area contributed by atoms with Gasteiger partial charge < -0.3 is 5.32 Å². The monoisotopic (exact) mass is 404 g/mol. The van der Waals surface area contributed by atoms with E-state index in [-0.39, 0.29) is 18.2 Å². The minimum atomic E-state index is -1.11. The number of rotatable bonds is 6. The number of hydrogen-bond acceptors (Lipinski definition) is 3. The lowest BCUT2D eigenvalue weighted by atomic mass is 9.84. The van der Waals surface area contributed by atoms with Crippen molar-refractivity contribution in [1.29, 1.82) is 0 Å². The van der Waals surface area contributed by atoms with Crippen molar-refractivity contribution in [3.05, 3.63) is 71.3 Å². The number of nitrogens with zero attached hydrogens (tertiary/aromatic N) is 1. The molecule has 2 aliphatic rings. The predicted molar refractivity (Wildman–Crippen MR) is 115 cm³/mol. The molecule has 0 spiro atoms. The molecular weight excluding hydrogens is 376 g/mol. The molecule has 1 saturated heterocycles. The third-order valence-electron chi connectivity index (χ3n) is 6.58. The van der Waals surface area contributed by atoms with Crippen LogP contribution in [-0.4, -0.2) is 29.2 Å². The molecular formula is C25H28N2O3. The van der Waals surface area contributed by atoms with Gasteiger partial charge in [-0.1, -0.05) is 80.8 Å². The third-order valence-corrected chi connectivity index (χ3v) is 6.58. The first-order valence-electron chi connectivity index (χ1n) is 10.9.